The average Bonchev–Trinajstić information content (AvgIpc) is 2.77. The summed E-state index contributed by atoms with van der Waals surface area (Å²) in [5, 5.41) is 4.20. The number of nitrogens with zero attached hydrogens (tertiary/aromatic N) is 3. The van der Waals surface area contributed by atoms with Crippen molar-refractivity contribution < 1.29 is 4.74 Å². The van der Waals surface area contributed by atoms with Crippen LogP contribution in [0.5, 0.6) is 5.75 Å². The summed E-state index contributed by atoms with van der Waals surface area (Å²) < 4.78 is 6.94. The molecule has 0 radical (unpaired) electrons. The minimum absolute atomic E-state index is 0.215. The Morgan fingerprint density at radius 3 is 2.82 bits per heavy atom. The zero-order valence-electron chi connectivity index (χ0n) is 10.00. The molecule has 1 aromatic carbocycles. The zero-order valence-corrected chi connectivity index (χ0v) is 10.00. The molecule has 17 heavy (non-hydrogen) atoms. The second-order valence-electron chi connectivity index (χ2n) is 3.90. The van der Waals surface area contributed by atoms with Gasteiger partial charge in [0.15, 0.2) is 5.82 Å². The van der Waals surface area contributed by atoms with Gasteiger partial charge in [-0.25, -0.2) is 4.98 Å². The van der Waals surface area contributed by atoms with Crippen LogP contribution in [0.2, 0.25) is 0 Å². The molecule has 0 aliphatic heterocycles. The Hall–Kier alpha value is -1.88. The molecule has 0 aliphatic rings. The van der Waals surface area contributed by atoms with E-state index in [0.717, 1.165) is 11.3 Å². The summed E-state index contributed by atoms with van der Waals surface area (Å²) in [6, 6.07) is 7.62. The van der Waals surface area contributed by atoms with Crippen LogP contribution in [-0.2, 0) is 13.5 Å². The summed E-state index contributed by atoms with van der Waals surface area (Å²) in [5.74, 6) is 1.50. The molecule has 0 fully saturated rings. The summed E-state index contributed by atoms with van der Waals surface area (Å²) in [6.07, 6.45) is 2.31. The first-order chi connectivity index (χ1) is 8.20. The van der Waals surface area contributed by atoms with Crippen LogP contribution >= 0.6 is 0 Å². The number of para-hydroxylation sites is 1. The molecule has 1 unspecified atom stereocenters. The summed E-state index contributed by atoms with van der Waals surface area (Å²) in [6.45, 7) is 0. The maximum atomic E-state index is 6.07. The first-order valence-electron chi connectivity index (χ1n) is 5.43. The third-order valence-electron chi connectivity index (χ3n) is 2.58. The molecular formula is C12H16N4O. The van der Waals surface area contributed by atoms with Crippen molar-refractivity contribution in [2.45, 2.75) is 12.5 Å². The molecule has 5 heteroatoms. The van der Waals surface area contributed by atoms with E-state index in [2.05, 4.69) is 10.1 Å². The van der Waals surface area contributed by atoms with Gasteiger partial charge in [0.1, 0.15) is 12.1 Å². The van der Waals surface area contributed by atoms with Gasteiger partial charge in [0.25, 0.3) is 0 Å². The van der Waals surface area contributed by atoms with E-state index in [4.69, 9.17) is 10.5 Å². The first-order valence-corrected chi connectivity index (χ1v) is 5.43. The van der Waals surface area contributed by atoms with Gasteiger partial charge in [-0.3, -0.25) is 4.68 Å². The van der Waals surface area contributed by atoms with Crippen molar-refractivity contribution in [3.8, 4) is 5.75 Å². The predicted molar refractivity (Wildman–Crippen MR) is 64.6 cm³/mol. The minimum atomic E-state index is -0.215. The summed E-state index contributed by atoms with van der Waals surface area (Å²) in [5.41, 5.74) is 7.13. The molecule has 0 saturated carbocycles. The Balaban J connectivity index is 2.15. The maximum Gasteiger partial charge on any atom is 0.167 e. The van der Waals surface area contributed by atoms with E-state index in [9.17, 15) is 0 Å². The van der Waals surface area contributed by atoms with Gasteiger partial charge in [0, 0.05) is 7.05 Å². The summed E-state index contributed by atoms with van der Waals surface area (Å²) >= 11 is 0. The molecule has 0 spiro atoms. The van der Waals surface area contributed by atoms with Gasteiger partial charge < -0.3 is 10.5 Å². The second-order valence-corrected chi connectivity index (χ2v) is 3.90. The normalized spacial score (nSPS) is 12.4. The molecule has 0 bridgehead atoms. The molecular weight excluding hydrogens is 216 g/mol. The van der Waals surface area contributed by atoms with E-state index in [1.807, 2.05) is 31.3 Å². The number of aromatic nitrogens is 3. The van der Waals surface area contributed by atoms with Gasteiger partial charge in [-0.05, 0) is 18.1 Å². The maximum absolute atomic E-state index is 6.07. The molecule has 1 aromatic heterocycles. The van der Waals surface area contributed by atoms with E-state index in [0.29, 0.717) is 12.2 Å². The van der Waals surface area contributed by atoms with Crippen LogP contribution in [0.3, 0.4) is 0 Å². The second kappa shape index (κ2) is 4.97. The largest absolute Gasteiger partial charge is 0.496 e. The average molecular weight is 232 g/mol. The number of benzene rings is 1. The monoisotopic (exact) mass is 232 g/mol. The molecule has 2 N–H and O–H groups in total. The van der Waals surface area contributed by atoms with Gasteiger partial charge in [-0.1, -0.05) is 18.2 Å². The van der Waals surface area contributed by atoms with Crippen molar-refractivity contribution in [3.63, 3.8) is 0 Å². The Morgan fingerprint density at radius 2 is 2.18 bits per heavy atom. The van der Waals surface area contributed by atoms with Gasteiger partial charge in [0.2, 0.25) is 0 Å². The van der Waals surface area contributed by atoms with Gasteiger partial charge in [-0.2, -0.15) is 5.10 Å². The number of methoxy groups -OCH3 is 1. The highest BCUT2D eigenvalue weighted by Gasteiger charge is 2.13. The fraction of sp³-hybridized carbons (Fsp3) is 0.333. The van der Waals surface area contributed by atoms with E-state index >= 15 is 0 Å². The highest BCUT2D eigenvalue weighted by molar-refractivity contribution is 5.34. The van der Waals surface area contributed by atoms with Crippen LogP contribution in [-0.4, -0.2) is 21.9 Å². The lowest BCUT2D eigenvalue weighted by molar-refractivity contribution is 0.407. The predicted octanol–water partition coefficient (Wildman–Crippen LogP) is 1.07. The molecule has 1 atom stereocenters. The molecule has 1 heterocycles. The van der Waals surface area contributed by atoms with Crippen LogP contribution in [0.25, 0.3) is 0 Å². The van der Waals surface area contributed by atoms with Crippen LogP contribution in [0.15, 0.2) is 30.6 Å². The Bertz CT molecular complexity index is 495. The fourth-order valence-electron chi connectivity index (χ4n) is 1.73. The van der Waals surface area contributed by atoms with Gasteiger partial charge in [0.05, 0.1) is 13.2 Å². The first kappa shape index (κ1) is 11.6. The third kappa shape index (κ3) is 2.62. The van der Waals surface area contributed by atoms with Crippen molar-refractivity contribution in [3.05, 3.63) is 42.0 Å². The van der Waals surface area contributed by atoms with Gasteiger partial charge >= 0.3 is 0 Å². The number of rotatable bonds is 4. The Labute approximate surface area is 100 Å². The van der Waals surface area contributed by atoms with Crippen molar-refractivity contribution in [2.75, 3.05) is 7.11 Å². The number of aryl methyl sites for hydroxylation is 1. The van der Waals surface area contributed by atoms with Crippen molar-refractivity contribution >= 4 is 0 Å². The summed E-state index contributed by atoms with van der Waals surface area (Å²) in [7, 11) is 3.48. The third-order valence-corrected chi connectivity index (χ3v) is 2.58. The van der Waals surface area contributed by atoms with E-state index < -0.39 is 0 Å². The van der Waals surface area contributed by atoms with Crippen molar-refractivity contribution in [1.82, 2.24) is 14.8 Å². The molecule has 2 aromatic rings. The van der Waals surface area contributed by atoms with Crippen LogP contribution in [0, 0.1) is 0 Å². The Kier molecular flexibility index (Phi) is 3.39. The Morgan fingerprint density at radius 1 is 1.41 bits per heavy atom. The summed E-state index contributed by atoms with van der Waals surface area (Å²) in [4.78, 5) is 4.15. The number of ether oxygens (including phenoxy) is 1. The molecule has 0 aliphatic carbocycles. The quantitative estimate of drug-likeness (QED) is 0.856. The van der Waals surface area contributed by atoms with Crippen LogP contribution in [0.4, 0.5) is 0 Å². The highest BCUT2D eigenvalue weighted by Crippen LogP contribution is 2.21. The molecule has 0 amide bonds. The van der Waals surface area contributed by atoms with E-state index in [1.54, 1.807) is 18.1 Å². The lowest BCUT2D eigenvalue weighted by Gasteiger charge is -2.11. The molecule has 5 nitrogen and oxygen atoms in total. The molecule has 0 saturated heterocycles. The van der Waals surface area contributed by atoms with Crippen molar-refractivity contribution in [1.29, 1.82) is 0 Å². The minimum Gasteiger partial charge on any atom is -0.496 e. The highest BCUT2D eigenvalue weighted by atomic mass is 16.5. The number of hydrogen-bond donors (Lipinski definition) is 1. The van der Waals surface area contributed by atoms with Crippen LogP contribution in [0.1, 0.15) is 17.4 Å². The van der Waals surface area contributed by atoms with Crippen molar-refractivity contribution in [2.24, 2.45) is 12.8 Å². The molecule has 90 valence electrons. The van der Waals surface area contributed by atoms with Crippen LogP contribution < -0.4 is 10.5 Å². The zero-order chi connectivity index (χ0) is 12.3. The molecule has 2 rings (SSSR count). The lowest BCUT2D eigenvalue weighted by Crippen LogP contribution is -2.16. The topological polar surface area (TPSA) is 66.0 Å². The standard InChI is InChI=1S/C12H16N4O/c1-16-8-14-12(15-16)10(13)7-9-5-3-4-6-11(9)17-2/h3-6,8,10H,7,13H2,1-2H3. The van der Waals surface area contributed by atoms with Gasteiger partial charge in [-0.15, -0.1) is 0 Å². The number of nitrogens with two attached hydrogens (primary N) is 1. The number of hydrogen-bond acceptors (Lipinski definition) is 4. The van der Waals surface area contributed by atoms with E-state index in [1.165, 1.54) is 0 Å². The fourth-order valence-corrected chi connectivity index (χ4v) is 1.73. The SMILES string of the molecule is COc1ccccc1CC(N)c1ncn(C)n1. The lowest BCUT2D eigenvalue weighted by atomic mass is 10.1. The smallest absolute Gasteiger partial charge is 0.167 e. The van der Waals surface area contributed by atoms with E-state index in [-0.39, 0.29) is 6.04 Å².